The number of allylic oxidation sites excluding steroid dienone is 3. The fourth-order valence-corrected chi connectivity index (χ4v) is 6.84. The molecule has 0 fully saturated rings. The summed E-state index contributed by atoms with van der Waals surface area (Å²) in [4.78, 5) is 27.4. The van der Waals surface area contributed by atoms with Crippen LogP contribution in [0.5, 0.6) is 0 Å². The molecule has 1 aromatic heterocycles. The fourth-order valence-electron chi connectivity index (χ4n) is 4.57. The maximum Gasteiger partial charge on any atom is 0.234 e. The van der Waals surface area contributed by atoms with Gasteiger partial charge in [-0.2, -0.15) is 5.26 Å². The molecule has 1 aliphatic carbocycles. The van der Waals surface area contributed by atoms with Crippen molar-refractivity contribution in [2.24, 2.45) is 5.73 Å². The van der Waals surface area contributed by atoms with Crippen molar-refractivity contribution < 1.29 is 9.59 Å². The first-order chi connectivity index (χ1) is 18.8. The Bertz CT molecular complexity index is 1580. The third kappa shape index (κ3) is 5.51. The molecule has 3 N–H and O–H groups in total. The Labute approximate surface area is 247 Å². The van der Waals surface area contributed by atoms with Crippen LogP contribution in [0.1, 0.15) is 30.7 Å². The number of rotatable bonds is 6. The number of ketones is 1. The number of amides is 1. The highest BCUT2D eigenvalue weighted by Crippen LogP contribution is 2.47. The Hall–Kier alpha value is -3.07. The Balaban J connectivity index is 1.39. The van der Waals surface area contributed by atoms with Crippen molar-refractivity contribution in [3.8, 4) is 6.07 Å². The van der Waals surface area contributed by atoms with Crippen molar-refractivity contribution in [2.45, 2.75) is 29.5 Å². The summed E-state index contributed by atoms with van der Waals surface area (Å²) < 4.78 is 0.515. The van der Waals surface area contributed by atoms with Gasteiger partial charge in [-0.3, -0.25) is 14.5 Å². The number of hydrogen-bond donors (Lipinski definition) is 2. The largest absolute Gasteiger partial charge is 0.384 e. The molecule has 0 saturated carbocycles. The highest BCUT2D eigenvalue weighted by Gasteiger charge is 2.41. The van der Waals surface area contributed by atoms with Gasteiger partial charge in [0.2, 0.25) is 11.0 Å². The number of hydrogen-bond acceptors (Lipinski definition) is 9. The monoisotopic (exact) mass is 616 g/mol. The summed E-state index contributed by atoms with van der Waals surface area (Å²) in [5, 5.41) is 22.5. The van der Waals surface area contributed by atoms with E-state index in [2.05, 4.69) is 21.6 Å². The Morgan fingerprint density at radius 1 is 1.15 bits per heavy atom. The van der Waals surface area contributed by atoms with Gasteiger partial charge in [-0.1, -0.05) is 88.2 Å². The summed E-state index contributed by atoms with van der Waals surface area (Å²) in [6, 6.07) is 14.6. The second-order valence-electron chi connectivity index (χ2n) is 8.66. The molecule has 0 spiro atoms. The van der Waals surface area contributed by atoms with Crippen LogP contribution in [0.15, 0.2) is 69.5 Å². The molecule has 198 valence electrons. The molecule has 1 atom stereocenters. The number of nitrogens with zero attached hydrogens (tertiary/aromatic N) is 4. The number of nitrogens with two attached hydrogens (primary N) is 1. The van der Waals surface area contributed by atoms with Gasteiger partial charge in [-0.25, -0.2) is 0 Å². The number of anilines is 2. The average Bonchev–Trinajstić information content (AvgIpc) is 3.39. The number of Topliss-reactive ketones (excluding diaryl/α,β-unsaturated/α-hetero) is 1. The van der Waals surface area contributed by atoms with Crippen LogP contribution in [0.3, 0.4) is 0 Å². The molecular weight excluding hydrogens is 599 g/mol. The van der Waals surface area contributed by atoms with Gasteiger partial charge in [0.15, 0.2) is 10.1 Å². The molecule has 39 heavy (non-hydrogen) atoms. The zero-order valence-corrected chi connectivity index (χ0v) is 24.0. The first-order valence-corrected chi connectivity index (χ1v) is 14.6. The highest BCUT2D eigenvalue weighted by atomic mass is 35.5. The zero-order chi connectivity index (χ0) is 27.7. The summed E-state index contributed by atoms with van der Waals surface area (Å²) in [5.74, 6) is -0.613. The second-order valence-corrected chi connectivity index (χ2v) is 12.1. The van der Waals surface area contributed by atoms with Gasteiger partial charge in [0.1, 0.15) is 5.82 Å². The lowest BCUT2D eigenvalue weighted by atomic mass is 9.76. The van der Waals surface area contributed by atoms with Crippen molar-refractivity contribution in [1.82, 2.24) is 10.2 Å². The summed E-state index contributed by atoms with van der Waals surface area (Å²) in [5.41, 5.74) is 9.35. The minimum Gasteiger partial charge on any atom is -0.384 e. The lowest BCUT2D eigenvalue weighted by molar-refractivity contribution is -0.116. The molecule has 3 aromatic rings. The number of thioether (sulfide) groups is 1. The van der Waals surface area contributed by atoms with Crippen molar-refractivity contribution in [3.05, 3.63) is 85.8 Å². The molecule has 0 saturated heterocycles. The first-order valence-electron chi connectivity index (χ1n) is 11.7. The van der Waals surface area contributed by atoms with Crippen LogP contribution in [0.2, 0.25) is 15.1 Å². The third-order valence-corrected chi connectivity index (χ3v) is 9.32. The fraction of sp³-hybridized carbons (Fsp3) is 0.192. The van der Waals surface area contributed by atoms with Gasteiger partial charge in [-0.15, -0.1) is 10.2 Å². The molecule has 2 aliphatic rings. The highest BCUT2D eigenvalue weighted by molar-refractivity contribution is 8.01. The van der Waals surface area contributed by atoms with Crippen LogP contribution in [0.4, 0.5) is 10.8 Å². The van der Waals surface area contributed by atoms with E-state index in [1.807, 2.05) is 30.3 Å². The molecular formula is C26H19Cl3N6O2S2. The van der Waals surface area contributed by atoms with Gasteiger partial charge < -0.3 is 11.1 Å². The lowest BCUT2D eigenvalue weighted by Gasteiger charge is -2.38. The molecule has 2 heterocycles. The Kier molecular flexibility index (Phi) is 8.16. The van der Waals surface area contributed by atoms with E-state index in [-0.39, 0.29) is 43.9 Å². The van der Waals surface area contributed by atoms with Crippen molar-refractivity contribution >= 4 is 80.4 Å². The van der Waals surface area contributed by atoms with Gasteiger partial charge in [-0.05, 0) is 30.5 Å². The number of carbonyl (C=O) groups excluding carboxylic acids is 2. The van der Waals surface area contributed by atoms with E-state index in [1.165, 1.54) is 35.2 Å². The van der Waals surface area contributed by atoms with Crippen LogP contribution in [-0.4, -0.2) is 27.6 Å². The minimum atomic E-state index is -0.533. The second kappa shape index (κ2) is 11.6. The number of nitriles is 1. The predicted molar refractivity (Wildman–Crippen MR) is 155 cm³/mol. The number of carbonyl (C=O) groups is 2. The number of aromatic nitrogens is 2. The van der Waals surface area contributed by atoms with Crippen molar-refractivity contribution in [2.75, 3.05) is 16.0 Å². The van der Waals surface area contributed by atoms with Crippen LogP contribution in [0.25, 0.3) is 0 Å². The molecule has 1 aliphatic heterocycles. The summed E-state index contributed by atoms with van der Waals surface area (Å²) in [6.07, 6.45) is 1.69. The number of nitrogens with one attached hydrogen (secondary N) is 1. The van der Waals surface area contributed by atoms with E-state index in [9.17, 15) is 14.9 Å². The lowest BCUT2D eigenvalue weighted by Crippen LogP contribution is -2.38. The van der Waals surface area contributed by atoms with Crippen molar-refractivity contribution in [1.29, 1.82) is 5.26 Å². The van der Waals surface area contributed by atoms with E-state index in [0.29, 0.717) is 40.0 Å². The topological polar surface area (TPSA) is 125 Å². The minimum absolute atomic E-state index is 0.00731. The number of halogens is 3. The van der Waals surface area contributed by atoms with Gasteiger partial charge in [0.05, 0.1) is 44.1 Å². The van der Waals surface area contributed by atoms with Crippen LogP contribution in [0, 0.1) is 11.3 Å². The first kappa shape index (κ1) is 27.5. The smallest absolute Gasteiger partial charge is 0.234 e. The SMILES string of the molecule is N#CC1=C(N)N(c2nnc(SCC(=O)Nc3cc(Cl)c(Cl)cc3Cl)s2)C2=C(C(=O)CCC2)C1c1ccccc1. The maximum atomic E-state index is 13.2. The van der Waals surface area contributed by atoms with E-state index in [4.69, 9.17) is 40.5 Å². The summed E-state index contributed by atoms with van der Waals surface area (Å²) >= 11 is 20.5. The molecule has 13 heteroatoms. The molecule has 2 aromatic carbocycles. The molecule has 0 radical (unpaired) electrons. The maximum absolute atomic E-state index is 13.2. The molecule has 5 rings (SSSR count). The van der Waals surface area contributed by atoms with E-state index in [0.717, 1.165) is 11.3 Å². The van der Waals surface area contributed by atoms with E-state index >= 15 is 0 Å². The van der Waals surface area contributed by atoms with Crippen molar-refractivity contribution in [3.63, 3.8) is 0 Å². The standard InChI is InChI=1S/C26H19Cl3N6O2S2/c27-15-9-17(29)18(10-16(15)28)32-21(37)12-38-26-34-33-25(39-26)35-19-7-4-8-20(36)23(19)22(14(11-30)24(35)31)13-5-2-1-3-6-13/h1-3,5-6,9-10,22H,4,7-8,12,31H2,(H,32,37). The molecule has 1 unspecified atom stereocenters. The Morgan fingerprint density at radius 2 is 1.90 bits per heavy atom. The van der Waals surface area contributed by atoms with Crippen LogP contribution in [-0.2, 0) is 9.59 Å². The predicted octanol–water partition coefficient (Wildman–Crippen LogP) is 6.53. The molecule has 0 bridgehead atoms. The molecule has 8 nitrogen and oxygen atoms in total. The summed E-state index contributed by atoms with van der Waals surface area (Å²) in [7, 11) is 0. The average molecular weight is 618 g/mol. The normalized spacial score (nSPS) is 17.2. The third-order valence-electron chi connectivity index (χ3n) is 6.24. The van der Waals surface area contributed by atoms with Gasteiger partial charge in [0, 0.05) is 17.7 Å². The molecule has 1 amide bonds. The Morgan fingerprint density at radius 3 is 2.64 bits per heavy atom. The summed E-state index contributed by atoms with van der Waals surface area (Å²) in [6.45, 7) is 0. The van der Waals surface area contributed by atoms with Crippen LogP contribution >= 0.6 is 57.9 Å². The number of benzene rings is 2. The van der Waals surface area contributed by atoms with Gasteiger partial charge >= 0.3 is 0 Å². The van der Waals surface area contributed by atoms with E-state index in [1.54, 1.807) is 4.90 Å². The zero-order valence-electron chi connectivity index (χ0n) is 20.1. The van der Waals surface area contributed by atoms with E-state index < -0.39 is 5.92 Å². The van der Waals surface area contributed by atoms with Gasteiger partial charge in [0.25, 0.3) is 0 Å². The van der Waals surface area contributed by atoms with Crippen LogP contribution < -0.4 is 16.0 Å². The quantitative estimate of drug-likeness (QED) is 0.236.